The molecule has 1 aromatic carbocycles. The predicted molar refractivity (Wildman–Crippen MR) is 96.1 cm³/mol. The Labute approximate surface area is 154 Å². The summed E-state index contributed by atoms with van der Waals surface area (Å²) in [6, 6.07) is 2.02. The third-order valence-corrected chi connectivity index (χ3v) is 5.30. The van der Waals surface area contributed by atoms with Crippen LogP contribution >= 0.6 is 11.8 Å². The number of carbonyl (C=O) groups excluding carboxylic acids is 1. The van der Waals surface area contributed by atoms with Gasteiger partial charge in [0.25, 0.3) is 0 Å². The van der Waals surface area contributed by atoms with Crippen molar-refractivity contribution in [3.05, 3.63) is 40.3 Å². The van der Waals surface area contributed by atoms with E-state index >= 15 is 0 Å². The Balaban J connectivity index is 2.57. The van der Waals surface area contributed by atoms with Gasteiger partial charge >= 0.3 is 6.18 Å². The van der Waals surface area contributed by atoms with Crippen LogP contribution in [0.25, 0.3) is 0 Å². The normalized spacial score (nSPS) is 15.5. The summed E-state index contributed by atoms with van der Waals surface area (Å²) in [5.41, 5.74) is -0.659. The SMILES string of the molecule is CCSc1c(C(F)(F)F)ccc(C(=O)/C(C(=N)C2CC2)=C(\O)NC)c1C. The molecule has 142 valence electrons. The molecule has 1 fully saturated rings. The maximum atomic E-state index is 13.3. The summed E-state index contributed by atoms with van der Waals surface area (Å²) in [5, 5.41) is 20.7. The Morgan fingerprint density at radius 3 is 2.46 bits per heavy atom. The number of aliphatic hydroxyl groups excluding tert-OH is 1. The molecule has 0 aliphatic heterocycles. The van der Waals surface area contributed by atoms with Crippen LogP contribution in [0.2, 0.25) is 0 Å². The van der Waals surface area contributed by atoms with Crippen molar-refractivity contribution >= 4 is 23.3 Å². The fourth-order valence-corrected chi connectivity index (χ4v) is 3.64. The van der Waals surface area contributed by atoms with Gasteiger partial charge in [0.15, 0.2) is 5.88 Å². The summed E-state index contributed by atoms with van der Waals surface area (Å²) in [6.07, 6.45) is -3.00. The Kier molecular flexibility index (Phi) is 6.05. The van der Waals surface area contributed by atoms with E-state index < -0.39 is 23.4 Å². The summed E-state index contributed by atoms with van der Waals surface area (Å²) in [5.74, 6) is -0.748. The average Bonchev–Trinajstić information content (AvgIpc) is 3.40. The fraction of sp³-hybridized carbons (Fsp3) is 0.444. The number of rotatable bonds is 7. The van der Waals surface area contributed by atoms with Crippen molar-refractivity contribution in [2.75, 3.05) is 12.8 Å². The van der Waals surface area contributed by atoms with Crippen molar-refractivity contribution < 1.29 is 23.1 Å². The molecule has 0 unspecified atom stereocenters. The number of allylic oxidation sites excluding steroid dienone is 1. The molecule has 0 radical (unpaired) electrons. The first-order valence-corrected chi connectivity index (χ1v) is 9.20. The maximum absolute atomic E-state index is 13.3. The standard InChI is InChI=1S/C18H21F3N2O2S/c1-4-26-16-9(2)11(7-8-12(16)18(19,20)21)15(24)13(17(25)23-3)14(22)10-5-6-10/h7-8,10,22-23,25H,4-6H2,1-3H3/b17-13-,22-14?. The number of ketones is 1. The lowest BCUT2D eigenvalue weighted by atomic mass is 9.93. The van der Waals surface area contributed by atoms with Gasteiger partial charge in [-0.05, 0) is 37.1 Å². The van der Waals surface area contributed by atoms with Gasteiger partial charge in [-0.25, -0.2) is 0 Å². The van der Waals surface area contributed by atoms with Crippen LogP contribution in [-0.4, -0.2) is 29.4 Å². The van der Waals surface area contributed by atoms with Gasteiger partial charge in [0.2, 0.25) is 5.78 Å². The maximum Gasteiger partial charge on any atom is 0.417 e. The van der Waals surface area contributed by atoms with Gasteiger partial charge in [-0.15, -0.1) is 11.8 Å². The molecule has 4 nitrogen and oxygen atoms in total. The Morgan fingerprint density at radius 2 is 2.00 bits per heavy atom. The predicted octanol–water partition coefficient (Wildman–Crippen LogP) is 4.73. The zero-order chi connectivity index (χ0) is 19.6. The molecule has 0 spiro atoms. The smallest absolute Gasteiger partial charge is 0.417 e. The van der Waals surface area contributed by atoms with Gasteiger partial charge in [0.1, 0.15) is 5.57 Å². The molecule has 1 saturated carbocycles. The summed E-state index contributed by atoms with van der Waals surface area (Å²) in [4.78, 5) is 13.0. The van der Waals surface area contributed by atoms with Crippen molar-refractivity contribution in [2.24, 2.45) is 5.92 Å². The topological polar surface area (TPSA) is 73.2 Å². The molecule has 2 rings (SSSR count). The van der Waals surface area contributed by atoms with Gasteiger partial charge in [0, 0.05) is 23.4 Å². The van der Waals surface area contributed by atoms with E-state index in [0.29, 0.717) is 5.75 Å². The van der Waals surface area contributed by atoms with E-state index in [1.807, 2.05) is 0 Å². The summed E-state index contributed by atoms with van der Waals surface area (Å²) in [6.45, 7) is 3.20. The lowest BCUT2D eigenvalue weighted by Gasteiger charge is -2.18. The van der Waals surface area contributed by atoms with E-state index in [0.717, 1.165) is 36.7 Å². The minimum absolute atomic E-state index is 0.00657. The van der Waals surface area contributed by atoms with Crippen LogP contribution in [0.5, 0.6) is 0 Å². The second-order valence-corrected chi connectivity index (χ2v) is 7.31. The molecule has 26 heavy (non-hydrogen) atoms. The van der Waals surface area contributed by atoms with Crippen molar-refractivity contribution in [3.63, 3.8) is 0 Å². The number of thioether (sulfide) groups is 1. The fourth-order valence-electron chi connectivity index (χ4n) is 2.68. The first-order chi connectivity index (χ1) is 12.1. The molecule has 1 aromatic rings. The van der Waals surface area contributed by atoms with Crippen molar-refractivity contribution in [2.45, 2.75) is 37.8 Å². The van der Waals surface area contributed by atoms with Gasteiger partial charge < -0.3 is 15.8 Å². The quantitative estimate of drug-likeness (QED) is 0.208. The highest BCUT2D eigenvalue weighted by Crippen LogP contribution is 2.40. The zero-order valence-electron chi connectivity index (χ0n) is 14.8. The number of alkyl halides is 3. The highest BCUT2D eigenvalue weighted by molar-refractivity contribution is 7.99. The minimum Gasteiger partial charge on any atom is -0.494 e. The monoisotopic (exact) mass is 386 g/mol. The van der Waals surface area contributed by atoms with Crippen LogP contribution < -0.4 is 5.32 Å². The molecule has 3 N–H and O–H groups in total. The molecule has 8 heteroatoms. The Morgan fingerprint density at radius 1 is 1.38 bits per heavy atom. The molecule has 0 amide bonds. The molecule has 0 heterocycles. The van der Waals surface area contributed by atoms with Crippen molar-refractivity contribution in [1.82, 2.24) is 5.32 Å². The number of Topliss-reactive ketones (excluding diaryl/α,β-unsaturated/α-hetero) is 1. The van der Waals surface area contributed by atoms with Crippen molar-refractivity contribution in [3.8, 4) is 0 Å². The lowest BCUT2D eigenvalue weighted by Crippen LogP contribution is -2.23. The molecule has 0 saturated heterocycles. The molecule has 0 atom stereocenters. The van der Waals surface area contributed by atoms with E-state index in [-0.39, 0.29) is 33.2 Å². The Hall–Kier alpha value is -1.96. The van der Waals surface area contributed by atoms with Crippen LogP contribution in [0, 0.1) is 18.3 Å². The number of aliphatic hydroxyl groups is 1. The second-order valence-electron chi connectivity index (χ2n) is 6.04. The number of nitrogens with one attached hydrogen (secondary N) is 2. The molecular formula is C18H21F3N2O2S. The van der Waals surface area contributed by atoms with E-state index in [2.05, 4.69) is 5.32 Å². The molecule has 0 bridgehead atoms. The van der Waals surface area contributed by atoms with Gasteiger partial charge in [-0.1, -0.05) is 13.0 Å². The number of carbonyl (C=O) groups is 1. The van der Waals surface area contributed by atoms with E-state index in [1.54, 1.807) is 6.92 Å². The van der Waals surface area contributed by atoms with E-state index in [4.69, 9.17) is 5.41 Å². The zero-order valence-corrected chi connectivity index (χ0v) is 15.6. The number of halogens is 3. The third-order valence-electron chi connectivity index (χ3n) is 4.20. The average molecular weight is 386 g/mol. The second kappa shape index (κ2) is 7.73. The van der Waals surface area contributed by atoms with E-state index in [9.17, 15) is 23.1 Å². The highest BCUT2D eigenvalue weighted by atomic mass is 32.2. The first kappa shape index (κ1) is 20.4. The van der Waals surface area contributed by atoms with Gasteiger partial charge in [-0.2, -0.15) is 13.2 Å². The molecule has 1 aliphatic carbocycles. The van der Waals surface area contributed by atoms with Crippen LogP contribution in [0.3, 0.4) is 0 Å². The first-order valence-electron chi connectivity index (χ1n) is 8.21. The summed E-state index contributed by atoms with van der Waals surface area (Å²) < 4.78 is 39.8. The van der Waals surface area contributed by atoms with E-state index in [1.165, 1.54) is 14.0 Å². The van der Waals surface area contributed by atoms with Gasteiger partial charge in [-0.3, -0.25) is 4.79 Å². The molecule has 1 aliphatic rings. The van der Waals surface area contributed by atoms with Crippen LogP contribution in [0.15, 0.2) is 28.5 Å². The minimum atomic E-state index is -4.52. The van der Waals surface area contributed by atoms with Crippen LogP contribution in [0.1, 0.15) is 41.3 Å². The molecule has 0 aromatic heterocycles. The van der Waals surface area contributed by atoms with Crippen LogP contribution in [0.4, 0.5) is 13.2 Å². The number of hydrogen-bond donors (Lipinski definition) is 3. The van der Waals surface area contributed by atoms with Crippen molar-refractivity contribution in [1.29, 1.82) is 5.41 Å². The highest BCUT2D eigenvalue weighted by Gasteiger charge is 2.37. The summed E-state index contributed by atoms with van der Waals surface area (Å²) in [7, 11) is 1.42. The summed E-state index contributed by atoms with van der Waals surface area (Å²) >= 11 is 1.02. The third kappa shape index (κ3) is 4.06. The number of hydrogen-bond acceptors (Lipinski definition) is 5. The van der Waals surface area contributed by atoms with Gasteiger partial charge in [0.05, 0.1) is 11.3 Å². The lowest BCUT2D eigenvalue weighted by molar-refractivity contribution is -0.139. The molecular weight excluding hydrogens is 365 g/mol. The largest absolute Gasteiger partial charge is 0.494 e. The number of benzene rings is 1. The Bertz CT molecular complexity index is 768. The van der Waals surface area contributed by atoms with Crippen LogP contribution in [-0.2, 0) is 6.18 Å².